The average Bonchev–Trinajstić information content (AvgIpc) is 3.46. The number of benzene rings is 2. The lowest BCUT2D eigenvalue weighted by Gasteiger charge is -2.32. The molecule has 2 aliphatic heterocycles. The SMILES string of the molecule is CCOC(=O)C1(CCCOC)CNC(=O)CN(C(=O)c2ccc3c(c2)OCO3)CCNC(=O)COc2cccc(c2)C1. The molecule has 2 heterocycles. The monoisotopic (exact) mass is 583 g/mol. The Morgan fingerprint density at radius 3 is 2.67 bits per heavy atom. The molecule has 1 atom stereocenters. The number of hydrogen-bond acceptors (Lipinski definition) is 9. The van der Waals surface area contributed by atoms with Crippen LogP contribution in [0.1, 0.15) is 35.7 Å². The summed E-state index contributed by atoms with van der Waals surface area (Å²) in [6.45, 7) is 1.98. The first-order chi connectivity index (χ1) is 20.3. The van der Waals surface area contributed by atoms with E-state index in [0.29, 0.717) is 42.3 Å². The maximum absolute atomic E-state index is 13.5. The van der Waals surface area contributed by atoms with Gasteiger partial charge in [-0.15, -0.1) is 0 Å². The summed E-state index contributed by atoms with van der Waals surface area (Å²) in [5, 5.41) is 5.61. The molecule has 4 rings (SSSR count). The Hall–Kier alpha value is -4.32. The maximum Gasteiger partial charge on any atom is 0.314 e. The van der Waals surface area contributed by atoms with Crippen molar-refractivity contribution in [2.45, 2.75) is 26.2 Å². The number of hydrogen-bond donors (Lipinski definition) is 2. The van der Waals surface area contributed by atoms with Crippen molar-refractivity contribution in [2.24, 2.45) is 5.41 Å². The van der Waals surface area contributed by atoms with Crippen LogP contribution in [0.4, 0.5) is 0 Å². The number of ether oxygens (including phenoxy) is 5. The summed E-state index contributed by atoms with van der Waals surface area (Å²) in [7, 11) is 1.58. The Morgan fingerprint density at radius 2 is 1.86 bits per heavy atom. The lowest BCUT2D eigenvalue weighted by atomic mass is 9.77. The van der Waals surface area contributed by atoms with Crippen molar-refractivity contribution >= 4 is 23.7 Å². The third kappa shape index (κ3) is 7.90. The summed E-state index contributed by atoms with van der Waals surface area (Å²) in [5.41, 5.74) is -0.0296. The molecule has 2 bridgehead atoms. The number of amides is 3. The second-order valence-corrected chi connectivity index (χ2v) is 10.1. The Kier molecular flexibility index (Phi) is 10.6. The summed E-state index contributed by atoms with van der Waals surface area (Å²) in [6, 6.07) is 11.9. The molecule has 0 radical (unpaired) electrons. The predicted molar refractivity (Wildman–Crippen MR) is 150 cm³/mol. The van der Waals surface area contributed by atoms with Crippen LogP contribution in [0.3, 0.4) is 0 Å². The van der Waals surface area contributed by atoms with Crippen molar-refractivity contribution < 1.29 is 42.9 Å². The van der Waals surface area contributed by atoms with E-state index >= 15 is 0 Å². The maximum atomic E-state index is 13.5. The number of carbonyl (C=O) groups excluding carboxylic acids is 4. The number of nitrogens with zero attached hydrogens (tertiary/aromatic N) is 1. The first-order valence-corrected chi connectivity index (χ1v) is 13.9. The number of esters is 1. The highest BCUT2D eigenvalue weighted by Gasteiger charge is 2.40. The van der Waals surface area contributed by atoms with Crippen molar-refractivity contribution in [3.05, 3.63) is 53.6 Å². The number of methoxy groups -OCH3 is 1. The topological polar surface area (TPSA) is 142 Å². The van der Waals surface area contributed by atoms with Crippen molar-refractivity contribution in [3.63, 3.8) is 0 Å². The fraction of sp³-hybridized carbons (Fsp3) is 0.467. The lowest BCUT2D eigenvalue weighted by Crippen LogP contribution is -2.49. The zero-order chi connectivity index (χ0) is 30.0. The van der Waals surface area contributed by atoms with Gasteiger partial charge in [-0.25, -0.2) is 0 Å². The van der Waals surface area contributed by atoms with E-state index in [0.717, 1.165) is 5.56 Å². The highest BCUT2D eigenvalue weighted by atomic mass is 16.7. The van der Waals surface area contributed by atoms with Crippen LogP contribution in [0.25, 0.3) is 0 Å². The molecule has 2 aromatic rings. The van der Waals surface area contributed by atoms with Crippen LogP contribution in [-0.4, -0.2) is 88.5 Å². The minimum atomic E-state index is -1.11. The van der Waals surface area contributed by atoms with Crippen LogP contribution < -0.4 is 24.8 Å². The van der Waals surface area contributed by atoms with Crippen molar-refractivity contribution in [3.8, 4) is 17.2 Å². The minimum Gasteiger partial charge on any atom is -0.484 e. The third-order valence-corrected chi connectivity index (χ3v) is 7.09. The zero-order valence-corrected chi connectivity index (χ0v) is 23.9. The molecule has 0 aliphatic carbocycles. The molecule has 0 spiro atoms. The van der Waals surface area contributed by atoms with Gasteiger partial charge in [0.05, 0.1) is 18.6 Å². The Morgan fingerprint density at radius 1 is 1.02 bits per heavy atom. The largest absolute Gasteiger partial charge is 0.484 e. The molecule has 0 fully saturated rings. The minimum absolute atomic E-state index is 0.0117. The van der Waals surface area contributed by atoms with Gasteiger partial charge in [-0.2, -0.15) is 0 Å². The predicted octanol–water partition coefficient (Wildman–Crippen LogP) is 1.70. The van der Waals surface area contributed by atoms with E-state index in [2.05, 4.69) is 10.6 Å². The van der Waals surface area contributed by atoms with Gasteiger partial charge in [-0.05, 0) is 62.1 Å². The number of carbonyl (C=O) groups is 4. The number of rotatable bonds is 7. The molecule has 2 aromatic carbocycles. The van der Waals surface area contributed by atoms with Gasteiger partial charge in [0.15, 0.2) is 18.1 Å². The van der Waals surface area contributed by atoms with Gasteiger partial charge >= 0.3 is 5.97 Å². The summed E-state index contributed by atoms with van der Waals surface area (Å²) >= 11 is 0. The second kappa shape index (κ2) is 14.5. The molecule has 2 aliphatic rings. The van der Waals surface area contributed by atoms with Crippen LogP contribution in [0.15, 0.2) is 42.5 Å². The number of nitrogens with one attached hydrogen (secondary N) is 2. The molecule has 12 nitrogen and oxygen atoms in total. The third-order valence-electron chi connectivity index (χ3n) is 7.09. The Labute approximate surface area is 244 Å². The van der Waals surface area contributed by atoms with Crippen molar-refractivity contribution in [1.29, 1.82) is 0 Å². The summed E-state index contributed by atoms with van der Waals surface area (Å²) < 4.78 is 27.2. The molecule has 42 heavy (non-hydrogen) atoms. The van der Waals surface area contributed by atoms with E-state index in [1.807, 2.05) is 6.07 Å². The van der Waals surface area contributed by atoms with Crippen LogP contribution in [0, 0.1) is 5.41 Å². The average molecular weight is 584 g/mol. The highest BCUT2D eigenvalue weighted by molar-refractivity contribution is 5.97. The summed E-state index contributed by atoms with van der Waals surface area (Å²) in [4.78, 5) is 54.1. The molecule has 0 saturated heterocycles. The van der Waals surface area contributed by atoms with E-state index in [1.165, 1.54) is 4.90 Å². The fourth-order valence-electron chi connectivity index (χ4n) is 4.95. The van der Waals surface area contributed by atoms with Crippen LogP contribution in [-0.2, 0) is 30.3 Å². The van der Waals surface area contributed by atoms with Crippen LogP contribution >= 0.6 is 0 Å². The molecule has 0 aromatic heterocycles. The van der Waals surface area contributed by atoms with Gasteiger partial charge in [0, 0.05) is 38.9 Å². The van der Waals surface area contributed by atoms with E-state index in [9.17, 15) is 19.2 Å². The lowest BCUT2D eigenvalue weighted by molar-refractivity contribution is -0.156. The van der Waals surface area contributed by atoms with E-state index < -0.39 is 23.2 Å². The highest BCUT2D eigenvalue weighted by Crippen LogP contribution is 2.33. The Bertz CT molecular complexity index is 1280. The molecular formula is C30H37N3O9. The van der Waals surface area contributed by atoms with Gasteiger partial charge in [0.1, 0.15) is 5.75 Å². The van der Waals surface area contributed by atoms with E-state index in [1.54, 1.807) is 50.4 Å². The molecule has 12 heteroatoms. The van der Waals surface area contributed by atoms with Gasteiger partial charge < -0.3 is 39.2 Å². The normalized spacial score (nSPS) is 19.3. The standard InChI is InChI=1S/C30H37N3O9/c1-3-39-29(37)30(10-5-13-38-2)16-21-6-4-7-23(14-21)40-18-27(35)31-11-12-33(17-26(34)32-19-30)28(36)22-8-9-24-25(15-22)42-20-41-24/h4,6-9,14-15H,3,5,10-13,16-20H2,1-2H3,(H,31,35)(H,32,34). The summed E-state index contributed by atoms with van der Waals surface area (Å²) in [5.74, 6) is -0.286. The molecule has 1 unspecified atom stereocenters. The summed E-state index contributed by atoms with van der Waals surface area (Å²) in [6.07, 6.45) is 1.18. The van der Waals surface area contributed by atoms with Crippen LogP contribution in [0.2, 0.25) is 0 Å². The first kappa shape index (κ1) is 30.6. The van der Waals surface area contributed by atoms with Gasteiger partial charge in [0.2, 0.25) is 12.7 Å². The molecule has 226 valence electrons. The fourth-order valence-corrected chi connectivity index (χ4v) is 4.95. The van der Waals surface area contributed by atoms with Gasteiger partial charge in [-0.3, -0.25) is 19.2 Å². The molecular weight excluding hydrogens is 546 g/mol. The van der Waals surface area contributed by atoms with E-state index in [4.69, 9.17) is 23.7 Å². The van der Waals surface area contributed by atoms with E-state index in [-0.39, 0.29) is 58.5 Å². The smallest absolute Gasteiger partial charge is 0.314 e. The van der Waals surface area contributed by atoms with Gasteiger partial charge in [-0.1, -0.05) is 12.1 Å². The van der Waals surface area contributed by atoms with Gasteiger partial charge in [0.25, 0.3) is 11.8 Å². The number of fused-ring (bicyclic) bond motifs is 3. The molecule has 0 saturated carbocycles. The second-order valence-electron chi connectivity index (χ2n) is 10.1. The van der Waals surface area contributed by atoms with Crippen LogP contribution in [0.5, 0.6) is 17.2 Å². The molecule has 3 amide bonds. The van der Waals surface area contributed by atoms with Crippen molar-refractivity contribution in [2.75, 3.05) is 59.9 Å². The Balaban J connectivity index is 1.62. The zero-order valence-electron chi connectivity index (χ0n) is 23.9. The van der Waals surface area contributed by atoms with Crippen molar-refractivity contribution in [1.82, 2.24) is 15.5 Å². The first-order valence-electron chi connectivity index (χ1n) is 13.9. The molecule has 2 N–H and O–H groups in total. The quantitative estimate of drug-likeness (QED) is 0.368.